The molecule has 4 N–H and O–H groups in total. The van der Waals surface area contributed by atoms with E-state index in [1.54, 1.807) is 38.1 Å². The first-order valence-corrected chi connectivity index (χ1v) is 18.6. The second kappa shape index (κ2) is 23.8. The average molecular weight is 671 g/mol. The molecule has 0 saturated carbocycles. The Morgan fingerprint density at radius 2 is 1.29 bits per heavy atom. The number of carbonyl (C=O) groups is 5. The number of nitrogens with one attached hydrogen (secondary N) is 3. The summed E-state index contributed by atoms with van der Waals surface area (Å²) in [5.74, 6) is -2.77. The van der Waals surface area contributed by atoms with Gasteiger partial charge in [0.25, 0.3) is 0 Å². The standard InChI is InChI=1S/C38H62N4O6/c1-4-5-6-7-8-9-10-11-12-13-14-15-16-17-21-26-34(43)39-29(2)35(44)40-30(3)37(46)42-27-22-25-33(42)36(45)41-32(38(47)48)28-31-23-19-18-20-24-31/h18-20,23-24,29-30,32-33H,4-17,21-22,25-28H2,1-3H3,(H,39,43)(H,40,44)(H,41,45)(H,47,48). The minimum Gasteiger partial charge on any atom is -0.480 e. The Balaban J connectivity index is 1.62. The number of nitrogens with zero attached hydrogens (tertiary/aromatic N) is 1. The fourth-order valence-corrected chi connectivity index (χ4v) is 6.31. The smallest absolute Gasteiger partial charge is 0.326 e. The Kier molecular flexibility index (Phi) is 20.2. The third-order valence-corrected chi connectivity index (χ3v) is 9.24. The van der Waals surface area contributed by atoms with Crippen LogP contribution in [-0.2, 0) is 30.4 Å². The van der Waals surface area contributed by atoms with Crippen molar-refractivity contribution >= 4 is 29.6 Å². The molecule has 1 aliphatic rings. The van der Waals surface area contributed by atoms with E-state index in [1.165, 1.54) is 81.9 Å². The highest BCUT2D eigenvalue weighted by Gasteiger charge is 2.38. The van der Waals surface area contributed by atoms with Gasteiger partial charge in [-0.3, -0.25) is 19.2 Å². The van der Waals surface area contributed by atoms with Crippen LogP contribution < -0.4 is 16.0 Å². The summed E-state index contributed by atoms with van der Waals surface area (Å²) in [5, 5.41) is 17.7. The Morgan fingerprint density at radius 3 is 1.83 bits per heavy atom. The normalized spacial score (nSPS) is 16.1. The second-order valence-corrected chi connectivity index (χ2v) is 13.5. The van der Waals surface area contributed by atoms with Crippen LogP contribution >= 0.6 is 0 Å². The molecule has 0 aromatic heterocycles. The van der Waals surface area contributed by atoms with Crippen LogP contribution in [0.4, 0.5) is 0 Å². The highest BCUT2D eigenvalue weighted by atomic mass is 16.4. The number of amides is 4. The lowest BCUT2D eigenvalue weighted by Gasteiger charge is -2.28. The lowest BCUT2D eigenvalue weighted by atomic mass is 10.0. The van der Waals surface area contributed by atoms with Crippen molar-refractivity contribution < 1.29 is 29.1 Å². The second-order valence-electron chi connectivity index (χ2n) is 13.5. The summed E-state index contributed by atoms with van der Waals surface area (Å²) in [6.07, 6.45) is 20.3. The summed E-state index contributed by atoms with van der Waals surface area (Å²) in [6, 6.07) is 5.35. The molecular formula is C38H62N4O6. The van der Waals surface area contributed by atoms with Crippen LogP contribution in [0.15, 0.2) is 30.3 Å². The molecule has 10 nitrogen and oxygen atoms in total. The number of likely N-dealkylation sites (tertiary alicyclic amines) is 1. The van der Waals surface area contributed by atoms with Crippen molar-refractivity contribution in [2.24, 2.45) is 0 Å². The Bertz CT molecular complexity index is 1110. The third kappa shape index (κ3) is 16.1. The topological polar surface area (TPSA) is 145 Å². The predicted molar refractivity (Wildman–Crippen MR) is 189 cm³/mol. The van der Waals surface area contributed by atoms with Crippen molar-refractivity contribution in [1.82, 2.24) is 20.9 Å². The molecule has 0 aliphatic carbocycles. The lowest BCUT2D eigenvalue weighted by Crippen LogP contribution is -2.56. The van der Waals surface area contributed by atoms with Gasteiger partial charge in [-0.05, 0) is 38.7 Å². The molecule has 2 rings (SSSR count). The van der Waals surface area contributed by atoms with Gasteiger partial charge < -0.3 is 26.0 Å². The van der Waals surface area contributed by atoms with E-state index < -0.39 is 47.9 Å². The number of rotatable bonds is 25. The van der Waals surface area contributed by atoms with E-state index in [1.807, 2.05) is 6.07 Å². The summed E-state index contributed by atoms with van der Waals surface area (Å²) >= 11 is 0. The van der Waals surface area contributed by atoms with Crippen molar-refractivity contribution in [3.05, 3.63) is 35.9 Å². The monoisotopic (exact) mass is 670 g/mol. The van der Waals surface area contributed by atoms with E-state index in [0.29, 0.717) is 25.8 Å². The number of benzene rings is 1. The van der Waals surface area contributed by atoms with Gasteiger partial charge in [0.2, 0.25) is 23.6 Å². The van der Waals surface area contributed by atoms with Crippen molar-refractivity contribution in [3.8, 4) is 0 Å². The van der Waals surface area contributed by atoms with E-state index in [2.05, 4.69) is 22.9 Å². The molecule has 1 heterocycles. The number of carboxylic acid groups (broad SMARTS) is 1. The quantitative estimate of drug-likeness (QED) is 0.0931. The zero-order valence-electron chi connectivity index (χ0n) is 29.8. The lowest BCUT2D eigenvalue weighted by molar-refractivity contribution is -0.144. The Hall–Kier alpha value is -3.43. The number of carboxylic acids is 1. The minimum absolute atomic E-state index is 0.123. The zero-order chi connectivity index (χ0) is 35.1. The van der Waals surface area contributed by atoms with E-state index in [0.717, 1.165) is 24.8 Å². The molecule has 1 fully saturated rings. The van der Waals surface area contributed by atoms with Gasteiger partial charge in [-0.2, -0.15) is 0 Å². The van der Waals surface area contributed by atoms with Crippen LogP contribution in [0.25, 0.3) is 0 Å². The average Bonchev–Trinajstić information content (AvgIpc) is 3.56. The fraction of sp³-hybridized carbons (Fsp3) is 0.711. The molecule has 0 radical (unpaired) electrons. The van der Waals surface area contributed by atoms with Crippen molar-refractivity contribution in [2.75, 3.05) is 6.54 Å². The minimum atomic E-state index is -1.15. The number of aliphatic carboxylic acids is 1. The largest absolute Gasteiger partial charge is 0.480 e. The molecule has 1 aromatic carbocycles. The SMILES string of the molecule is CCCCCCCCCCCCCCCCCC(=O)NC(C)C(=O)NC(C)C(=O)N1CCCC1C(=O)NC(Cc1ccccc1)C(=O)O. The van der Waals surface area contributed by atoms with Gasteiger partial charge in [0, 0.05) is 19.4 Å². The third-order valence-electron chi connectivity index (χ3n) is 9.24. The van der Waals surface area contributed by atoms with Crippen LogP contribution in [0, 0.1) is 0 Å². The summed E-state index contributed by atoms with van der Waals surface area (Å²) in [5.41, 5.74) is 0.775. The molecule has 10 heteroatoms. The first-order chi connectivity index (χ1) is 23.1. The van der Waals surface area contributed by atoms with Gasteiger partial charge in [-0.1, -0.05) is 127 Å². The van der Waals surface area contributed by atoms with E-state index in [-0.39, 0.29) is 12.3 Å². The molecule has 0 bridgehead atoms. The van der Waals surface area contributed by atoms with E-state index in [4.69, 9.17) is 0 Å². The van der Waals surface area contributed by atoms with E-state index >= 15 is 0 Å². The summed E-state index contributed by atoms with van der Waals surface area (Å²) < 4.78 is 0. The molecule has 1 saturated heterocycles. The maximum absolute atomic E-state index is 13.2. The molecule has 0 spiro atoms. The molecular weight excluding hydrogens is 608 g/mol. The van der Waals surface area contributed by atoms with Crippen LogP contribution in [0.2, 0.25) is 0 Å². The molecule has 1 aromatic rings. The molecule has 270 valence electrons. The first-order valence-electron chi connectivity index (χ1n) is 18.6. The number of unbranched alkanes of at least 4 members (excludes halogenated alkanes) is 14. The maximum atomic E-state index is 13.2. The van der Waals surface area contributed by atoms with Crippen LogP contribution in [-0.4, -0.2) is 70.3 Å². The predicted octanol–water partition coefficient (Wildman–Crippen LogP) is 6.06. The van der Waals surface area contributed by atoms with Crippen molar-refractivity contribution in [3.63, 3.8) is 0 Å². The van der Waals surface area contributed by atoms with Gasteiger partial charge in [0.15, 0.2) is 0 Å². The van der Waals surface area contributed by atoms with Crippen LogP contribution in [0.3, 0.4) is 0 Å². The number of carbonyl (C=O) groups excluding carboxylic acids is 4. The number of hydrogen-bond acceptors (Lipinski definition) is 5. The fourth-order valence-electron chi connectivity index (χ4n) is 6.31. The first kappa shape index (κ1) is 40.7. The summed E-state index contributed by atoms with van der Waals surface area (Å²) in [7, 11) is 0. The highest BCUT2D eigenvalue weighted by molar-refractivity contribution is 5.95. The molecule has 4 unspecified atom stereocenters. The van der Waals surface area contributed by atoms with Crippen LogP contribution in [0.5, 0.6) is 0 Å². The van der Waals surface area contributed by atoms with Gasteiger partial charge >= 0.3 is 5.97 Å². The highest BCUT2D eigenvalue weighted by Crippen LogP contribution is 2.19. The Morgan fingerprint density at radius 1 is 0.750 bits per heavy atom. The van der Waals surface area contributed by atoms with E-state index in [9.17, 15) is 29.1 Å². The molecule has 4 amide bonds. The van der Waals surface area contributed by atoms with Gasteiger partial charge in [0.05, 0.1) is 0 Å². The molecule has 48 heavy (non-hydrogen) atoms. The van der Waals surface area contributed by atoms with Gasteiger partial charge in [0.1, 0.15) is 24.2 Å². The maximum Gasteiger partial charge on any atom is 0.326 e. The van der Waals surface area contributed by atoms with Crippen molar-refractivity contribution in [2.45, 2.75) is 167 Å². The van der Waals surface area contributed by atoms with Crippen molar-refractivity contribution in [1.29, 1.82) is 0 Å². The number of hydrogen-bond donors (Lipinski definition) is 4. The van der Waals surface area contributed by atoms with Crippen LogP contribution in [0.1, 0.15) is 142 Å². The molecule has 1 aliphatic heterocycles. The summed E-state index contributed by atoms with van der Waals surface area (Å²) in [6.45, 7) is 5.72. The van der Waals surface area contributed by atoms with Gasteiger partial charge in [-0.15, -0.1) is 0 Å². The zero-order valence-corrected chi connectivity index (χ0v) is 29.8. The van der Waals surface area contributed by atoms with Gasteiger partial charge in [-0.25, -0.2) is 4.79 Å². The Labute approximate surface area is 288 Å². The molecule has 4 atom stereocenters. The summed E-state index contributed by atoms with van der Waals surface area (Å²) in [4.78, 5) is 64.8.